The number of aromatic nitrogens is 1. The maximum absolute atomic E-state index is 12.6. The van der Waals surface area contributed by atoms with E-state index in [0.717, 1.165) is 22.3 Å². The van der Waals surface area contributed by atoms with Crippen LogP contribution in [0.5, 0.6) is 0 Å². The lowest BCUT2D eigenvalue weighted by Gasteiger charge is -2.36. The Morgan fingerprint density at radius 2 is 1.68 bits per heavy atom. The molecule has 10 heteroatoms. The summed E-state index contributed by atoms with van der Waals surface area (Å²) in [6.45, 7) is 4.98. The second kappa shape index (κ2) is 13.0. The zero-order chi connectivity index (χ0) is 26.0. The number of primary amides is 1. The zero-order valence-electron chi connectivity index (χ0n) is 20.9. The first kappa shape index (κ1) is 26.3. The number of hydrogen-bond acceptors (Lipinski definition) is 8. The summed E-state index contributed by atoms with van der Waals surface area (Å²) in [6, 6.07) is 15.6. The van der Waals surface area contributed by atoms with Gasteiger partial charge in [-0.3, -0.25) is 14.6 Å². The quantitative estimate of drug-likeness (QED) is 0.318. The molecule has 1 aliphatic heterocycles. The van der Waals surface area contributed by atoms with Gasteiger partial charge >= 0.3 is 0 Å². The Morgan fingerprint density at radius 1 is 0.946 bits per heavy atom. The Hall–Kier alpha value is -3.73. The summed E-state index contributed by atoms with van der Waals surface area (Å²) in [5, 5.41) is 4.16. The molecule has 1 saturated heterocycles. The molecule has 1 aromatic heterocycles. The van der Waals surface area contributed by atoms with Crippen LogP contribution < -0.4 is 21.7 Å². The molecule has 3 aromatic rings. The number of carbonyl (C=O) groups is 2. The van der Waals surface area contributed by atoms with E-state index in [9.17, 15) is 9.59 Å². The molecule has 2 amide bonds. The molecule has 0 aliphatic carbocycles. The van der Waals surface area contributed by atoms with Crippen LogP contribution in [-0.2, 0) is 14.3 Å². The molecule has 0 spiro atoms. The Kier molecular flexibility index (Phi) is 9.25. The maximum Gasteiger partial charge on any atom is 0.252 e. The lowest BCUT2D eigenvalue weighted by Crippen LogP contribution is -2.49. The number of nitrogens with zero attached hydrogens (tertiary/aromatic N) is 3. The fraction of sp³-hybridized carbons (Fsp3) is 0.370. The van der Waals surface area contributed by atoms with E-state index in [1.165, 1.54) is 6.20 Å². The van der Waals surface area contributed by atoms with Gasteiger partial charge in [-0.25, -0.2) is 0 Å². The Labute approximate surface area is 216 Å². The van der Waals surface area contributed by atoms with E-state index in [1.54, 1.807) is 0 Å². The van der Waals surface area contributed by atoms with Gasteiger partial charge in [0.1, 0.15) is 0 Å². The number of hydrogen-bond donors (Lipinski definition) is 3. The molecule has 5 N–H and O–H groups in total. The zero-order valence-corrected chi connectivity index (χ0v) is 20.9. The summed E-state index contributed by atoms with van der Waals surface area (Å²) in [5.74, 6) is -0.455. The maximum atomic E-state index is 12.6. The molecule has 0 bridgehead atoms. The molecule has 2 aromatic carbocycles. The highest BCUT2D eigenvalue weighted by Crippen LogP contribution is 2.32. The van der Waals surface area contributed by atoms with Crippen molar-refractivity contribution < 1.29 is 19.1 Å². The van der Waals surface area contributed by atoms with Crippen molar-refractivity contribution in [3.05, 3.63) is 60.3 Å². The lowest BCUT2D eigenvalue weighted by molar-refractivity contribution is -0.132. The fourth-order valence-electron chi connectivity index (χ4n) is 4.30. The third kappa shape index (κ3) is 6.94. The number of amides is 2. The van der Waals surface area contributed by atoms with Crippen LogP contribution in [0.4, 0.5) is 17.1 Å². The molecule has 0 radical (unpaired) electrons. The smallest absolute Gasteiger partial charge is 0.252 e. The van der Waals surface area contributed by atoms with Crippen molar-refractivity contribution in [2.24, 2.45) is 11.5 Å². The van der Waals surface area contributed by atoms with Crippen molar-refractivity contribution in [3.8, 4) is 0 Å². The number of ether oxygens (including phenoxy) is 2. The summed E-state index contributed by atoms with van der Waals surface area (Å²) in [7, 11) is 0. The summed E-state index contributed by atoms with van der Waals surface area (Å²) < 4.78 is 10.7. The normalized spacial score (nSPS) is 13.6. The minimum Gasteiger partial charge on any atom is -0.379 e. The van der Waals surface area contributed by atoms with E-state index < -0.39 is 5.91 Å². The molecule has 196 valence electrons. The number of para-hydroxylation sites is 1. The average Bonchev–Trinajstić information content (AvgIpc) is 2.93. The van der Waals surface area contributed by atoms with Gasteiger partial charge in [-0.15, -0.1) is 0 Å². The highest BCUT2D eigenvalue weighted by atomic mass is 16.5. The summed E-state index contributed by atoms with van der Waals surface area (Å²) >= 11 is 0. The number of nitrogens with one attached hydrogen (secondary N) is 1. The standard InChI is InChI=1S/C27H34N6O4/c28-9-15-37-17-16-36-14-8-25(34)33-12-10-32(11-13-33)21-6-7-24-22(18-21)26(23(19-30-24)27(29)35)31-20-4-2-1-3-5-20/h1-7,18-19H,8-17,28H2,(H2,29,35)(H,30,31). The van der Waals surface area contributed by atoms with E-state index in [-0.39, 0.29) is 5.91 Å². The Balaban J connectivity index is 1.40. The number of fused-ring (bicyclic) bond motifs is 1. The van der Waals surface area contributed by atoms with Gasteiger partial charge in [0.15, 0.2) is 0 Å². The first-order valence-electron chi connectivity index (χ1n) is 12.5. The van der Waals surface area contributed by atoms with E-state index in [1.807, 2.05) is 53.4 Å². The Morgan fingerprint density at radius 3 is 2.38 bits per heavy atom. The van der Waals surface area contributed by atoms with Crippen LogP contribution in [0.1, 0.15) is 16.8 Å². The molecule has 0 saturated carbocycles. The third-order valence-electron chi connectivity index (χ3n) is 6.25. The first-order valence-corrected chi connectivity index (χ1v) is 12.5. The molecular formula is C27H34N6O4. The second-order valence-electron chi connectivity index (χ2n) is 8.73. The molecule has 0 unspecified atom stereocenters. The predicted octanol–water partition coefficient (Wildman–Crippen LogP) is 2.11. The number of carbonyl (C=O) groups excluding carboxylic acids is 2. The van der Waals surface area contributed by atoms with Crippen LogP contribution in [0.2, 0.25) is 0 Å². The number of piperazine rings is 1. The highest BCUT2D eigenvalue weighted by molar-refractivity contribution is 6.08. The minimum absolute atomic E-state index is 0.0886. The van der Waals surface area contributed by atoms with Gasteiger partial charge in [0, 0.05) is 55.7 Å². The monoisotopic (exact) mass is 506 g/mol. The first-order chi connectivity index (χ1) is 18.1. The summed E-state index contributed by atoms with van der Waals surface area (Å²) in [4.78, 5) is 33.3. The topological polar surface area (TPSA) is 136 Å². The van der Waals surface area contributed by atoms with Crippen LogP contribution in [0, 0.1) is 0 Å². The van der Waals surface area contributed by atoms with Crippen LogP contribution in [0.25, 0.3) is 10.9 Å². The van der Waals surface area contributed by atoms with E-state index in [2.05, 4.69) is 15.2 Å². The van der Waals surface area contributed by atoms with Crippen molar-refractivity contribution in [2.45, 2.75) is 6.42 Å². The van der Waals surface area contributed by atoms with E-state index in [0.29, 0.717) is 76.8 Å². The van der Waals surface area contributed by atoms with E-state index in [4.69, 9.17) is 20.9 Å². The van der Waals surface area contributed by atoms with Gasteiger partial charge in [-0.05, 0) is 30.3 Å². The third-order valence-corrected chi connectivity index (χ3v) is 6.25. The van der Waals surface area contributed by atoms with Crippen molar-refractivity contribution in [3.63, 3.8) is 0 Å². The van der Waals surface area contributed by atoms with Crippen molar-refractivity contribution in [1.82, 2.24) is 9.88 Å². The number of pyridine rings is 1. The Bertz CT molecular complexity index is 1200. The van der Waals surface area contributed by atoms with Gasteiger partial charge in [0.2, 0.25) is 5.91 Å². The molecule has 0 atom stereocenters. The fourth-order valence-corrected chi connectivity index (χ4v) is 4.30. The molecule has 1 fully saturated rings. The molecule has 1 aliphatic rings. The highest BCUT2D eigenvalue weighted by Gasteiger charge is 2.22. The van der Waals surface area contributed by atoms with Crippen LogP contribution in [0.3, 0.4) is 0 Å². The van der Waals surface area contributed by atoms with Crippen LogP contribution in [-0.4, -0.2) is 80.8 Å². The van der Waals surface area contributed by atoms with Gasteiger partial charge in [-0.1, -0.05) is 18.2 Å². The number of rotatable bonds is 12. The molecule has 37 heavy (non-hydrogen) atoms. The molecule has 10 nitrogen and oxygen atoms in total. The van der Waals surface area contributed by atoms with Crippen molar-refractivity contribution >= 4 is 39.8 Å². The minimum atomic E-state index is -0.544. The van der Waals surface area contributed by atoms with Gasteiger partial charge < -0.3 is 36.1 Å². The van der Waals surface area contributed by atoms with Crippen LogP contribution in [0.15, 0.2) is 54.7 Å². The lowest BCUT2D eigenvalue weighted by atomic mass is 10.1. The number of anilines is 3. The molecular weight excluding hydrogens is 472 g/mol. The average molecular weight is 507 g/mol. The predicted molar refractivity (Wildman–Crippen MR) is 144 cm³/mol. The van der Waals surface area contributed by atoms with Gasteiger partial charge in [0.25, 0.3) is 5.91 Å². The van der Waals surface area contributed by atoms with Crippen LogP contribution >= 0.6 is 0 Å². The van der Waals surface area contributed by atoms with Gasteiger partial charge in [-0.2, -0.15) is 0 Å². The summed E-state index contributed by atoms with van der Waals surface area (Å²) in [6.07, 6.45) is 1.86. The number of benzene rings is 2. The number of nitrogens with two attached hydrogens (primary N) is 2. The van der Waals surface area contributed by atoms with Crippen molar-refractivity contribution in [1.29, 1.82) is 0 Å². The second-order valence-corrected chi connectivity index (χ2v) is 8.73. The largest absolute Gasteiger partial charge is 0.379 e. The van der Waals surface area contributed by atoms with Gasteiger partial charge in [0.05, 0.1) is 49.6 Å². The summed E-state index contributed by atoms with van der Waals surface area (Å²) in [5.41, 5.74) is 14.6. The van der Waals surface area contributed by atoms with E-state index >= 15 is 0 Å². The SMILES string of the molecule is NCCOCCOCCC(=O)N1CCN(c2ccc3ncc(C(N)=O)c(Nc4ccccc4)c3c2)CC1. The molecule has 4 rings (SSSR count). The molecule has 2 heterocycles. The van der Waals surface area contributed by atoms with Crippen molar-refractivity contribution in [2.75, 3.05) is 69.4 Å².